The van der Waals surface area contributed by atoms with Crippen molar-refractivity contribution in [3.8, 4) is 22.8 Å². The maximum absolute atomic E-state index is 13.0. The summed E-state index contributed by atoms with van der Waals surface area (Å²) < 4.78 is 18.7. The molecule has 0 aliphatic carbocycles. The fourth-order valence-corrected chi connectivity index (χ4v) is 3.00. The third-order valence-electron chi connectivity index (χ3n) is 4.48. The lowest BCUT2D eigenvalue weighted by Crippen LogP contribution is -2.41. The number of ether oxygens (including phenoxy) is 1. The molecule has 7 nitrogen and oxygen atoms in total. The minimum Gasteiger partial charge on any atom is -0.465 e. The highest BCUT2D eigenvalue weighted by atomic mass is 19.1. The van der Waals surface area contributed by atoms with Crippen LogP contribution in [0.2, 0.25) is 0 Å². The summed E-state index contributed by atoms with van der Waals surface area (Å²) in [4.78, 5) is 16.9. The van der Waals surface area contributed by atoms with Gasteiger partial charge in [-0.15, -0.1) is 0 Å². The number of amides is 1. The second-order valence-electron chi connectivity index (χ2n) is 6.22. The lowest BCUT2D eigenvalue weighted by atomic mass is 10.1. The lowest BCUT2D eigenvalue weighted by molar-refractivity contribution is -0.0231. The molecule has 0 spiro atoms. The highest BCUT2D eigenvalue weighted by Crippen LogP contribution is 2.26. The van der Waals surface area contributed by atoms with Crippen molar-refractivity contribution < 1.29 is 19.0 Å². The number of rotatable bonds is 3. The smallest absolute Gasteiger partial charge is 0.407 e. The molecule has 1 aromatic heterocycles. The summed E-state index contributed by atoms with van der Waals surface area (Å²) in [7, 11) is 0. The fourth-order valence-electron chi connectivity index (χ4n) is 3.00. The fraction of sp³-hybridized carbons (Fsp3) is 0.211. The summed E-state index contributed by atoms with van der Waals surface area (Å²) in [6.07, 6.45) is -1.22. The van der Waals surface area contributed by atoms with Crippen LogP contribution >= 0.6 is 0 Å². The summed E-state index contributed by atoms with van der Waals surface area (Å²) in [5, 5.41) is 16.2. The van der Waals surface area contributed by atoms with E-state index in [0.717, 1.165) is 16.7 Å². The summed E-state index contributed by atoms with van der Waals surface area (Å²) in [6, 6.07) is 13.5. The number of aromatic nitrogens is 3. The van der Waals surface area contributed by atoms with Gasteiger partial charge in [0.05, 0.1) is 13.2 Å². The van der Waals surface area contributed by atoms with Crippen LogP contribution in [-0.4, -0.2) is 51.0 Å². The molecule has 2 heterocycles. The van der Waals surface area contributed by atoms with Gasteiger partial charge in [-0.1, -0.05) is 24.3 Å². The van der Waals surface area contributed by atoms with E-state index in [2.05, 4.69) is 15.2 Å². The van der Waals surface area contributed by atoms with Crippen molar-refractivity contribution in [2.24, 2.45) is 0 Å². The number of hydrogen-bond donors (Lipinski definition) is 2. The number of carbonyl (C=O) groups is 1. The van der Waals surface area contributed by atoms with E-state index in [4.69, 9.17) is 9.84 Å². The van der Waals surface area contributed by atoms with E-state index in [-0.39, 0.29) is 11.9 Å². The van der Waals surface area contributed by atoms with Gasteiger partial charge < -0.3 is 14.7 Å². The first kappa shape index (κ1) is 17.2. The zero-order valence-electron chi connectivity index (χ0n) is 14.3. The molecule has 2 N–H and O–H groups in total. The van der Waals surface area contributed by atoms with Gasteiger partial charge in [-0.05, 0) is 29.8 Å². The normalized spacial score (nSPS) is 17.1. The minimum absolute atomic E-state index is 0.286. The Hall–Kier alpha value is -3.26. The van der Waals surface area contributed by atoms with E-state index in [9.17, 15) is 9.18 Å². The predicted octanol–water partition coefficient (Wildman–Crippen LogP) is 3.33. The molecule has 1 unspecified atom stereocenters. The Morgan fingerprint density at radius 3 is 2.56 bits per heavy atom. The zero-order chi connectivity index (χ0) is 18.8. The standard InChI is InChI=1S/C19H17FN4O3/c20-15-7-5-14(6-8-15)18-21-17(22-23-18)13-3-1-12(2-4-13)16-11-24(19(25)26)9-10-27-16/h1-8,16H,9-11H2,(H,25,26)(H,21,22,23). The minimum atomic E-state index is -0.936. The second-order valence-corrected chi connectivity index (χ2v) is 6.22. The van der Waals surface area contributed by atoms with Crippen molar-refractivity contribution in [2.45, 2.75) is 6.10 Å². The van der Waals surface area contributed by atoms with Crippen LogP contribution in [0.1, 0.15) is 11.7 Å². The number of H-pyrrole nitrogens is 1. The van der Waals surface area contributed by atoms with Crippen LogP contribution < -0.4 is 0 Å². The van der Waals surface area contributed by atoms with Crippen LogP contribution in [0.15, 0.2) is 48.5 Å². The van der Waals surface area contributed by atoms with E-state index in [1.165, 1.54) is 17.0 Å². The van der Waals surface area contributed by atoms with Gasteiger partial charge >= 0.3 is 6.09 Å². The first-order chi connectivity index (χ1) is 13.1. The van der Waals surface area contributed by atoms with Gasteiger partial charge in [0.2, 0.25) is 0 Å². The summed E-state index contributed by atoms with van der Waals surface area (Å²) in [5.41, 5.74) is 2.46. The Morgan fingerprint density at radius 1 is 1.15 bits per heavy atom. The van der Waals surface area contributed by atoms with Gasteiger partial charge in [0.1, 0.15) is 11.9 Å². The molecule has 3 aromatic rings. The van der Waals surface area contributed by atoms with Crippen LogP contribution in [0.25, 0.3) is 22.8 Å². The lowest BCUT2D eigenvalue weighted by Gasteiger charge is -2.31. The number of nitrogens with one attached hydrogen (secondary N) is 1. The third kappa shape index (κ3) is 3.65. The SMILES string of the molecule is O=C(O)N1CCOC(c2ccc(-c3n[nH]c(-c4ccc(F)cc4)n3)cc2)C1. The van der Waals surface area contributed by atoms with Gasteiger partial charge in [0.15, 0.2) is 11.6 Å². The van der Waals surface area contributed by atoms with E-state index in [1.54, 1.807) is 12.1 Å². The molecule has 1 atom stereocenters. The number of aromatic amines is 1. The number of carboxylic acid groups (broad SMARTS) is 1. The molecule has 2 aromatic carbocycles. The van der Waals surface area contributed by atoms with Crippen LogP contribution in [0, 0.1) is 5.82 Å². The van der Waals surface area contributed by atoms with Gasteiger partial charge in [0, 0.05) is 17.7 Å². The molecule has 138 valence electrons. The van der Waals surface area contributed by atoms with Crippen LogP contribution in [0.3, 0.4) is 0 Å². The number of nitrogens with zero attached hydrogens (tertiary/aromatic N) is 3. The first-order valence-electron chi connectivity index (χ1n) is 8.48. The molecule has 8 heteroatoms. The Balaban J connectivity index is 1.51. The number of morpholine rings is 1. The first-order valence-corrected chi connectivity index (χ1v) is 8.48. The topological polar surface area (TPSA) is 91.3 Å². The maximum atomic E-state index is 13.0. The zero-order valence-corrected chi connectivity index (χ0v) is 14.3. The molecule has 1 aliphatic rings. The third-order valence-corrected chi connectivity index (χ3v) is 4.48. The number of benzene rings is 2. The van der Waals surface area contributed by atoms with E-state index >= 15 is 0 Å². The number of hydrogen-bond acceptors (Lipinski definition) is 4. The number of halogens is 1. The maximum Gasteiger partial charge on any atom is 0.407 e. The molecule has 0 bridgehead atoms. The molecule has 1 amide bonds. The summed E-state index contributed by atoms with van der Waals surface area (Å²) in [6.45, 7) is 1.07. The van der Waals surface area contributed by atoms with Gasteiger partial charge in [0.25, 0.3) is 0 Å². The van der Waals surface area contributed by atoms with Crippen molar-refractivity contribution in [2.75, 3.05) is 19.7 Å². The quantitative estimate of drug-likeness (QED) is 0.740. The van der Waals surface area contributed by atoms with Gasteiger partial charge in [-0.2, -0.15) is 5.10 Å². The molecule has 4 rings (SSSR count). The van der Waals surface area contributed by atoms with E-state index in [1.807, 2.05) is 24.3 Å². The molecule has 1 fully saturated rings. The molecule has 0 radical (unpaired) electrons. The average Bonchev–Trinajstić information content (AvgIpc) is 3.19. The summed E-state index contributed by atoms with van der Waals surface area (Å²) >= 11 is 0. The molecule has 1 aliphatic heterocycles. The van der Waals surface area contributed by atoms with Crippen LogP contribution in [0.5, 0.6) is 0 Å². The van der Waals surface area contributed by atoms with Crippen LogP contribution in [-0.2, 0) is 4.74 Å². The molecule has 27 heavy (non-hydrogen) atoms. The monoisotopic (exact) mass is 368 g/mol. The summed E-state index contributed by atoms with van der Waals surface area (Å²) in [5.74, 6) is 0.778. The van der Waals surface area contributed by atoms with Crippen molar-refractivity contribution in [1.82, 2.24) is 20.1 Å². The Bertz CT molecular complexity index is 940. The van der Waals surface area contributed by atoms with E-state index in [0.29, 0.717) is 31.3 Å². The largest absolute Gasteiger partial charge is 0.465 e. The second kappa shape index (κ2) is 7.16. The highest BCUT2D eigenvalue weighted by molar-refractivity contribution is 5.65. The van der Waals surface area contributed by atoms with Crippen molar-refractivity contribution in [3.05, 3.63) is 59.9 Å². The Kier molecular flexibility index (Phi) is 4.55. The van der Waals surface area contributed by atoms with Gasteiger partial charge in [-0.25, -0.2) is 14.2 Å². The van der Waals surface area contributed by atoms with Crippen molar-refractivity contribution >= 4 is 6.09 Å². The molecular weight excluding hydrogens is 351 g/mol. The van der Waals surface area contributed by atoms with Crippen molar-refractivity contribution in [3.63, 3.8) is 0 Å². The Labute approximate surface area is 154 Å². The Morgan fingerprint density at radius 2 is 1.85 bits per heavy atom. The molecular formula is C19H17FN4O3. The predicted molar refractivity (Wildman–Crippen MR) is 95.5 cm³/mol. The van der Waals surface area contributed by atoms with Crippen LogP contribution in [0.4, 0.5) is 9.18 Å². The average molecular weight is 368 g/mol. The van der Waals surface area contributed by atoms with Crippen molar-refractivity contribution in [1.29, 1.82) is 0 Å². The molecule has 1 saturated heterocycles. The van der Waals surface area contributed by atoms with Gasteiger partial charge in [-0.3, -0.25) is 5.10 Å². The highest BCUT2D eigenvalue weighted by Gasteiger charge is 2.25. The molecule has 0 saturated carbocycles. The van der Waals surface area contributed by atoms with E-state index < -0.39 is 6.09 Å².